The Morgan fingerprint density at radius 3 is 2.42 bits per heavy atom. The van der Waals surface area contributed by atoms with E-state index in [1.54, 1.807) is 0 Å². The molecule has 8 heteroatoms. The fourth-order valence-corrected chi connectivity index (χ4v) is 2.55. The number of ketones is 1. The summed E-state index contributed by atoms with van der Waals surface area (Å²) < 4.78 is 7.02. The second kappa shape index (κ2) is 6.62. The summed E-state index contributed by atoms with van der Waals surface area (Å²) in [4.78, 5) is 48.5. The smallest absolute Gasteiger partial charge is 0.332 e. The molecule has 1 aliphatic rings. The first-order valence-electron chi connectivity index (χ1n) is 7.94. The van der Waals surface area contributed by atoms with Gasteiger partial charge in [0, 0.05) is 13.6 Å². The van der Waals surface area contributed by atoms with Gasteiger partial charge in [-0.2, -0.15) is 0 Å². The molecule has 0 spiro atoms. The first-order valence-corrected chi connectivity index (χ1v) is 7.94. The minimum atomic E-state index is -0.779. The van der Waals surface area contributed by atoms with Gasteiger partial charge in [-0.05, 0) is 18.3 Å². The molecule has 1 fully saturated rings. The highest BCUT2D eigenvalue weighted by Gasteiger charge is 2.40. The summed E-state index contributed by atoms with van der Waals surface area (Å²) in [5.74, 6) is -1.14. The molecule has 0 aromatic carbocycles. The van der Waals surface area contributed by atoms with Crippen LogP contribution in [-0.2, 0) is 23.1 Å². The van der Waals surface area contributed by atoms with Gasteiger partial charge >= 0.3 is 11.7 Å². The first kappa shape index (κ1) is 18.0. The monoisotopic (exact) mass is 337 g/mol. The topological polar surface area (TPSA) is 113 Å². The Morgan fingerprint density at radius 2 is 1.92 bits per heavy atom. The van der Waals surface area contributed by atoms with Crippen LogP contribution in [0.1, 0.15) is 37.6 Å². The van der Waals surface area contributed by atoms with Crippen molar-refractivity contribution in [2.45, 2.75) is 33.7 Å². The lowest BCUT2D eigenvalue weighted by Gasteiger charge is -2.16. The van der Waals surface area contributed by atoms with Gasteiger partial charge in [0.2, 0.25) is 5.78 Å². The van der Waals surface area contributed by atoms with Crippen molar-refractivity contribution < 1.29 is 14.3 Å². The van der Waals surface area contributed by atoms with E-state index in [2.05, 4.69) is 0 Å². The van der Waals surface area contributed by atoms with Crippen molar-refractivity contribution in [3.63, 3.8) is 0 Å². The number of carbonyl (C=O) groups is 2. The zero-order chi connectivity index (χ0) is 18.2. The third-order valence-electron chi connectivity index (χ3n) is 4.17. The minimum absolute atomic E-state index is 0.0969. The molecule has 0 amide bonds. The summed E-state index contributed by atoms with van der Waals surface area (Å²) in [6, 6.07) is 0. The molecule has 0 unspecified atom stereocenters. The van der Waals surface area contributed by atoms with Crippen LogP contribution in [0.5, 0.6) is 0 Å². The maximum absolute atomic E-state index is 12.3. The molecule has 0 saturated heterocycles. The van der Waals surface area contributed by atoms with Crippen molar-refractivity contribution in [1.82, 2.24) is 9.13 Å². The summed E-state index contributed by atoms with van der Waals surface area (Å²) in [7, 11) is 1.29. The minimum Gasteiger partial charge on any atom is -0.457 e. The van der Waals surface area contributed by atoms with E-state index in [-0.39, 0.29) is 35.7 Å². The standard InChI is InChI=1S/C16H23N3O5/c1-8(2)6-19-13(17)12(14(21)18(4)16(19)23)11(20)7-24-15(22)10-5-9(10)3/h8-10H,5-7,17H2,1-4H3/t9-,10-/m0/s1. The molecule has 1 heterocycles. The molecule has 1 saturated carbocycles. The Balaban J connectivity index is 2.29. The molecule has 0 radical (unpaired) electrons. The lowest BCUT2D eigenvalue weighted by Crippen LogP contribution is -2.43. The van der Waals surface area contributed by atoms with Crippen LogP contribution >= 0.6 is 0 Å². The summed E-state index contributed by atoms with van der Waals surface area (Å²) in [6.45, 7) is 5.41. The van der Waals surface area contributed by atoms with Crippen molar-refractivity contribution in [3.05, 3.63) is 26.4 Å². The molecule has 1 aliphatic carbocycles. The van der Waals surface area contributed by atoms with Gasteiger partial charge in [0.1, 0.15) is 11.4 Å². The first-order chi connectivity index (χ1) is 11.1. The average Bonchev–Trinajstić information content (AvgIpc) is 3.24. The van der Waals surface area contributed by atoms with Gasteiger partial charge < -0.3 is 10.5 Å². The van der Waals surface area contributed by atoms with Crippen molar-refractivity contribution in [2.24, 2.45) is 24.8 Å². The van der Waals surface area contributed by atoms with Crippen LogP contribution in [0.15, 0.2) is 9.59 Å². The SMILES string of the molecule is CC(C)Cn1c(N)c(C(=O)COC(=O)[C@H]2C[C@@H]2C)c(=O)n(C)c1=O. The van der Waals surface area contributed by atoms with E-state index in [4.69, 9.17) is 10.5 Å². The molecule has 132 valence electrons. The van der Waals surface area contributed by atoms with Crippen molar-refractivity contribution in [1.29, 1.82) is 0 Å². The number of carbonyl (C=O) groups excluding carboxylic acids is 2. The van der Waals surface area contributed by atoms with Crippen LogP contribution in [0, 0.1) is 17.8 Å². The Bertz CT molecular complexity index is 790. The van der Waals surface area contributed by atoms with E-state index in [0.29, 0.717) is 0 Å². The number of aromatic nitrogens is 2. The molecule has 1 aromatic heterocycles. The average molecular weight is 337 g/mol. The molecule has 24 heavy (non-hydrogen) atoms. The Hall–Kier alpha value is -2.38. The van der Waals surface area contributed by atoms with E-state index in [0.717, 1.165) is 11.0 Å². The molecule has 2 atom stereocenters. The third-order valence-corrected chi connectivity index (χ3v) is 4.17. The van der Waals surface area contributed by atoms with Crippen LogP contribution in [0.3, 0.4) is 0 Å². The van der Waals surface area contributed by atoms with Crippen LogP contribution in [0.4, 0.5) is 5.82 Å². The fourth-order valence-electron chi connectivity index (χ4n) is 2.55. The summed E-state index contributed by atoms with van der Waals surface area (Å²) in [5.41, 5.74) is 4.22. The van der Waals surface area contributed by atoms with Gasteiger partial charge in [0.15, 0.2) is 6.61 Å². The zero-order valence-electron chi connectivity index (χ0n) is 14.4. The Kier molecular flexibility index (Phi) is 4.96. The van der Waals surface area contributed by atoms with E-state index in [1.807, 2.05) is 20.8 Å². The van der Waals surface area contributed by atoms with Gasteiger partial charge in [0.05, 0.1) is 5.92 Å². The van der Waals surface area contributed by atoms with Gasteiger partial charge in [-0.3, -0.25) is 23.5 Å². The molecule has 0 bridgehead atoms. The van der Waals surface area contributed by atoms with Gasteiger partial charge in [-0.15, -0.1) is 0 Å². The maximum atomic E-state index is 12.3. The van der Waals surface area contributed by atoms with Crippen LogP contribution < -0.4 is 17.0 Å². The maximum Gasteiger partial charge on any atom is 0.332 e. The summed E-state index contributed by atoms with van der Waals surface area (Å²) in [6.07, 6.45) is 0.746. The van der Waals surface area contributed by atoms with Gasteiger partial charge in [-0.1, -0.05) is 20.8 Å². The van der Waals surface area contributed by atoms with Gasteiger partial charge in [-0.25, -0.2) is 4.79 Å². The number of hydrogen-bond donors (Lipinski definition) is 1. The highest BCUT2D eigenvalue weighted by Crippen LogP contribution is 2.38. The molecular weight excluding hydrogens is 314 g/mol. The number of Topliss-reactive ketones (excluding diaryl/α,β-unsaturated/α-hetero) is 1. The summed E-state index contributed by atoms with van der Waals surface area (Å²) in [5, 5.41) is 0. The lowest BCUT2D eigenvalue weighted by molar-refractivity contribution is -0.144. The second-order valence-electron chi connectivity index (χ2n) is 6.76. The van der Waals surface area contributed by atoms with Crippen molar-refractivity contribution in [2.75, 3.05) is 12.3 Å². The predicted octanol–water partition coefficient (Wildman–Crippen LogP) is 0.167. The highest BCUT2D eigenvalue weighted by atomic mass is 16.5. The third kappa shape index (κ3) is 3.42. The molecule has 2 rings (SSSR count). The Labute approximate surface area is 139 Å². The quantitative estimate of drug-likeness (QED) is 0.584. The molecular formula is C16H23N3O5. The number of anilines is 1. The Morgan fingerprint density at radius 1 is 1.33 bits per heavy atom. The van der Waals surface area contributed by atoms with Crippen LogP contribution in [0.25, 0.3) is 0 Å². The molecule has 8 nitrogen and oxygen atoms in total. The van der Waals surface area contributed by atoms with Crippen molar-refractivity contribution >= 4 is 17.6 Å². The summed E-state index contributed by atoms with van der Waals surface area (Å²) >= 11 is 0. The van der Waals surface area contributed by atoms with E-state index in [1.165, 1.54) is 11.6 Å². The second-order valence-corrected chi connectivity index (χ2v) is 6.76. The van der Waals surface area contributed by atoms with Crippen molar-refractivity contribution in [3.8, 4) is 0 Å². The number of ether oxygens (including phenoxy) is 1. The number of nitrogens with zero attached hydrogens (tertiary/aromatic N) is 2. The number of hydrogen-bond acceptors (Lipinski definition) is 6. The number of rotatable bonds is 6. The molecule has 2 N–H and O–H groups in total. The zero-order valence-corrected chi connectivity index (χ0v) is 14.4. The van der Waals surface area contributed by atoms with Crippen LogP contribution in [-0.4, -0.2) is 27.5 Å². The van der Waals surface area contributed by atoms with E-state index in [9.17, 15) is 19.2 Å². The highest BCUT2D eigenvalue weighted by molar-refractivity contribution is 6.01. The molecule has 1 aromatic rings. The van der Waals surface area contributed by atoms with Gasteiger partial charge in [0.25, 0.3) is 5.56 Å². The van der Waals surface area contributed by atoms with E-state index < -0.39 is 29.6 Å². The predicted molar refractivity (Wildman–Crippen MR) is 87.8 cm³/mol. The lowest BCUT2D eigenvalue weighted by atomic mass is 10.1. The largest absolute Gasteiger partial charge is 0.457 e. The van der Waals surface area contributed by atoms with Crippen LogP contribution in [0.2, 0.25) is 0 Å². The normalized spacial score (nSPS) is 19.4. The number of nitrogen functional groups attached to an aromatic ring is 1. The fraction of sp³-hybridized carbons (Fsp3) is 0.625. The number of nitrogens with two attached hydrogens (primary N) is 1. The molecule has 0 aliphatic heterocycles. The number of esters is 1. The van der Waals surface area contributed by atoms with E-state index >= 15 is 0 Å².